The molecule has 1 amide bonds. The Bertz CT molecular complexity index is 498. The third-order valence-electron chi connectivity index (χ3n) is 2.40. The van der Waals surface area contributed by atoms with E-state index in [1.54, 1.807) is 20.8 Å². The zero-order valence-corrected chi connectivity index (χ0v) is 12.0. The predicted octanol–water partition coefficient (Wildman–Crippen LogP) is 2.62. The Morgan fingerprint density at radius 2 is 2.05 bits per heavy atom. The number of alkyl carbamates (subject to hydrolysis) is 1. The number of alkyl halides is 3. The first-order valence-corrected chi connectivity index (χ1v) is 6.26. The first-order valence-electron chi connectivity index (χ1n) is 6.26. The van der Waals surface area contributed by atoms with E-state index in [0.717, 1.165) is 6.07 Å². The summed E-state index contributed by atoms with van der Waals surface area (Å²) in [6, 6.07) is 0.979. The van der Waals surface area contributed by atoms with Crippen LogP contribution in [-0.2, 0) is 10.9 Å². The lowest BCUT2D eigenvalue weighted by Gasteiger charge is -2.24. The molecule has 1 aromatic heterocycles. The molecule has 0 saturated heterocycles. The van der Waals surface area contributed by atoms with Crippen LogP contribution < -0.4 is 11.1 Å². The van der Waals surface area contributed by atoms with E-state index in [4.69, 9.17) is 10.5 Å². The summed E-state index contributed by atoms with van der Waals surface area (Å²) in [6.07, 6.45) is -4.21. The van der Waals surface area contributed by atoms with Crippen LogP contribution in [0.1, 0.15) is 38.1 Å². The number of halogens is 3. The molecule has 1 rings (SSSR count). The Labute approximate surface area is 120 Å². The maximum atomic E-state index is 12.9. The van der Waals surface area contributed by atoms with Gasteiger partial charge in [-0.25, -0.2) is 4.79 Å². The minimum atomic E-state index is -4.58. The number of carbonyl (C=O) groups is 1. The van der Waals surface area contributed by atoms with Gasteiger partial charge in [0, 0.05) is 12.7 Å². The number of nitrogens with two attached hydrogens (primary N) is 1. The van der Waals surface area contributed by atoms with Crippen LogP contribution in [-0.4, -0.2) is 23.2 Å². The van der Waals surface area contributed by atoms with Crippen LogP contribution in [0, 0.1) is 0 Å². The maximum absolute atomic E-state index is 12.9. The van der Waals surface area contributed by atoms with Gasteiger partial charge < -0.3 is 15.8 Å². The van der Waals surface area contributed by atoms with E-state index in [1.165, 1.54) is 12.3 Å². The van der Waals surface area contributed by atoms with Gasteiger partial charge in [0.1, 0.15) is 5.60 Å². The smallest absolute Gasteiger partial charge is 0.418 e. The molecule has 0 radical (unpaired) electrons. The second-order valence-corrected chi connectivity index (χ2v) is 5.37. The molecule has 0 aliphatic heterocycles. The summed E-state index contributed by atoms with van der Waals surface area (Å²) in [5.74, 6) is 0. The molecule has 0 aliphatic rings. The van der Waals surface area contributed by atoms with Crippen molar-refractivity contribution in [3.05, 3.63) is 29.6 Å². The fourth-order valence-corrected chi connectivity index (χ4v) is 1.62. The van der Waals surface area contributed by atoms with Crippen LogP contribution in [0.5, 0.6) is 0 Å². The topological polar surface area (TPSA) is 77.2 Å². The second-order valence-electron chi connectivity index (χ2n) is 5.37. The van der Waals surface area contributed by atoms with Gasteiger partial charge in [0.25, 0.3) is 0 Å². The summed E-state index contributed by atoms with van der Waals surface area (Å²) in [5, 5.41) is 2.30. The normalized spacial score (nSPS) is 13.7. The van der Waals surface area contributed by atoms with Gasteiger partial charge in [0.15, 0.2) is 0 Å². The number of carbonyl (C=O) groups excluding carboxylic acids is 1. The summed E-state index contributed by atoms with van der Waals surface area (Å²) in [6.45, 7) is 4.70. The number of nitrogens with one attached hydrogen (secondary N) is 1. The predicted molar refractivity (Wildman–Crippen MR) is 70.4 cm³/mol. The molecule has 21 heavy (non-hydrogen) atoms. The van der Waals surface area contributed by atoms with E-state index < -0.39 is 29.5 Å². The zero-order chi connectivity index (χ0) is 16.3. The number of aromatic nitrogens is 1. The van der Waals surface area contributed by atoms with Gasteiger partial charge in [-0.3, -0.25) is 4.98 Å². The number of pyridine rings is 1. The molecule has 1 atom stereocenters. The summed E-state index contributed by atoms with van der Waals surface area (Å²) >= 11 is 0. The Balaban J connectivity index is 2.99. The van der Waals surface area contributed by atoms with Crippen LogP contribution in [0.3, 0.4) is 0 Å². The Kier molecular flexibility index (Phi) is 5.16. The largest absolute Gasteiger partial charge is 0.444 e. The van der Waals surface area contributed by atoms with Gasteiger partial charge in [-0.05, 0) is 32.9 Å². The highest BCUT2D eigenvalue weighted by atomic mass is 19.4. The second kappa shape index (κ2) is 6.30. The van der Waals surface area contributed by atoms with Gasteiger partial charge >= 0.3 is 12.3 Å². The number of rotatable bonds is 3. The van der Waals surface area contributed by atoms with Crippen LogP contribution >= 0.6 is 0 Å². The van der Waals surface area contributed by atoms with E-state index in [-0.39, 0.29) is 12.2 Å². The van der Waals surface area contributed by atoms with E-state index in [9.17, 15) is 18.0 Å². The average molecular weight is 305 g/mol. The van der Waals surface area contributed by atoms with E-state index in [0.29, 0.717) is 0 Å². The molecule has 0 saturated carbocycles. The monoisotopic (exact) mass is 305 g/mol. The number of ether oxygens (including phenoxy) is 1. The Morgan fingerprint density at radius 3 is 2.52 bits per heavy atom. The number of nitrogens with zero attached hydrogens (tertiary/aromatic N) is 1. The number of hydrogen-bond acceptors (Lipinski definition) is 4. The van der Waals surface area contributed by atoms with Crippen molar-refractivity contribution >= 4 is 6.09 Å². The molecule has 8 heteroatoms. The van der Waals surface area contributed by atoms with E-state index in [1.807, 2.05) is 0 Å². The maximum Gasteiger partial charge on any atom is 0.418 e. The molecule has 0 aliphatic carbocycles. The van der Waals surface area contributed by atoms with Crippen molar-refractivity contribution in [1.29, 1.82) is 0 Å². The molecule has 0 spiro atoms. The first-order chi connectivity index (χ1) is 9.54. The lowest BCUT2D eigenvalue weighted by Crippen LogP contribution is -2.39. The summed E-state index contributed by atoms with van der Waals surface area (Å²) in [4.78, 5) is 15.4. The van der Waals surface area contributed by atoms with Crippen LogP contribution in [0.4, 0.5) is 18.0 Å². The Morgan fingerprint density at radius 1 is 1.43 bits per heavy atom. The lowest BCUT2D eigenvalue weighted by molar-refractivity contribution is -0.138. The standard InChI is InChI=1S/C13H18F3N3O2/c1-12(2,3)21-11(20)19-9(7-17)10-8(13(14,15)16)5-4-6-18-10/h4-6,9H,7,17H2,1-3H3,(H,19,20). The molecule has 1 unspecified atom stereocenters. The number of amides is 1. The van der Waals surface area contributed by atoms with Crippen molar-refractivity contribution in [3.8, 4) is 0 Å². The molecule has 118 valence electrons. The third kappa shape index (κ3) is 5.22. The van der Waals surface area contributed by atoms with Gasteiger partial charge in [0.2, 0.25) is 0 Å². The fraction of sp³-hybridized carbons (Fsp3) is 0.538. The number of hydrogen-bond donors (Lipinski definition) is 2. The van der Waals surface area contributed by atoms with Crippen molar-refractivity contribution < 1.29 is 22.7 Å². The van der Waals surface area contributed by atoms with Gasteiger partial charge in [-0.1, -0.05) is 0 Å². The van der Waals surface area contributed by atoms with Crippen molar-refractivity contribution in [2.75, 3.05) is 6.54 Å². The minimum absolute atomic E-state index is 0.237. The summed E-state index contributed by atoms with van der Waals surface area (Å²) in [7, 11) is 0. The van der Waals surface area contributed by atoms with Crippen molar-refractivity contribution in [2.24, 2.45) is 5.73 Å². The van der Waals surface area contributed by atoms with Crippen molar-refractivity contribution in [2.45, 2.75) is 38.6 Å². The highest BCUT2D eigenvalue weighted by Crippen LogP contribution is 2.33. The minimum Gasteiger partial charge on any atom is -0.444 e. The molecule has 1 heterocycles. The fourth-order valence-electron chi connectivity index (χ4n) is 1.62. The SMILES string of the molecule is CC(C)(C)OC(=O)NC(CN)c1ncccc1C(F)(F)F. The van der Waals surface area contributed by atoms with Crippen molar-refractivity contribution in [3.63, 3.8) is 0 Å². The first kappa shape index (κ1) is 17.2. The lowest BCUT2D eigenvalue weighted by atomic mass is 10.1. The molecule has 0 aromatic carbocycles. The summed E-state index contributed by atoms with van der Waals surface area (Å²) in [5.41, 5.74) is 3.42. The molecule has 1 aromatic rings. The molecule has 0 bridgehead atoms. The highest BCUT2D eigenvalue weighted by molar-refractivity contribution is 5.68. The molecule has 5 nitrogen and oxygen atoms in total. The molecule has 3 N–H and O–H groups in total. The van der Waals surface area contributed by atoms with Crippen LogP contribution in [0.25, 0.3) is 0 Å². The summed E-state index contributed by atoms with van der Waals surface area (Å²) < 4.78 is 43.8. The highest BCUT2D eigenvalue weighted by Gasteiger charge is 2.36. The Hall–Kier alpha value is -1.83. The van der Waals surface area contributed by atoms with Crippen LogP contribution in [0.2, 0.25) is 0 Å². The van der Waals surface area contributed by atoms with Gasteiger partial charge in [0.05, 0.1) is 17.3 Å². The average Bonchev–Trinajstić information content (AvgIpc) is 2.32. The van der Waals surface area contributed by atoms with Crippen LogP contribution in [0.15, 0.2) is 18.3 Å². The molecular formula is C13H18F3N3O2. The van der Waals surface area contributed by atoms with Gasteiger partial charge in [-0.15, -0.1) is 0 Å². The zero-order valence-electron chi connectivity index (χ0n) is 12.0. The quantitative estimate of drug-likeness (QED) is 0.900. The molecule has 0 fully saturated rings. The molecular weight excluding hydrogens is 287 g/mol. The van der Waals surface area contributed by atoms with Gasteiger partial charge in [-0.2, -0.15) is 13.2 Å². The van der Waals surface area contributed by atoms with E-state index in [2.05, 4.69) is 10.3 Å². The van der Waals surface area contributed by atoms with E-state index >= 15 is 0 Å². The third-order valence-corrected chi connectivity index (χ3v) is 2.40. The van der Waals surface area contributed by atoms with Crippen molar-refractivity contribution in [1.82, 2.24) is 10.3 Å².